The van der Waals surface area contributed by atoms with Crippen molar-refractivity contribution in [3.63, 3.8) is 0 Å². The number of nitrogens with two attached hydrogens (primary N) is 1. The molecule has 0 bridgehead atoms. The van der Waals surface area contributed by atoms with E-state index in [0.717, 1.165) is 22.3 Å². The first-order chi connectivity index (χ1) is 15.5. The number of nitrogens with one attached hydrogen (secondary N) is 1. The number of amides is 1. The second-order valence-corrected chi connectivity index (χ2v) is 7.92. The lowest BCUT2D eigenvalue weighted by molar-refractivity contribution is 0.0942. The molecule has 0 saturated carbocycles. The molecule has 0 radical (unpaired) electrons. The third-order valence-corrected chi connectivity index (χ3v) is 5.66. The van der Waals surface area contributed by atoms with Gasteiger partial charge in [0.15, 0.2) is 5.65 Å². The molecule has 0 spiro atoms. The molecule has 0 fully saturated rings. The van der Waals surface area contributed by atoms with E-state index in [1.54, 1.807) is 4.57 Å². The maximum atomic E-state index is 13.4. The molecule has 6 nitrogen and oxygen atoms in total. The predicted molar refractivity (Wildman–Crippen MR) is 128 cm³/mol. The number of carbonyl (C=O) groups is 1. The molecule has 158 valence electrons. The Kier molecular flexibility index (Phi) is 4.82. The monoisotopic (exact) mass is 421 g/mol. The Morgan fingerprint density at radius 3 is 2.22 bits per heavy atom. The zero-order valence-electron chi connectivity index (χ0n) is 17.9. The molecule has 2 aromatic heterocycles. The fraction of sp³-hybridized carbons (Fsp3) is 0.115. The summed E-state index contributed by atoms with van der Waals surface area (Å²) < 4.78 is 1.80. The van der Waals surface area contributed by atoms with Crippen LogP contribution >= 0.6 is 0 Å². The number of hydrogen-bond donors (Lipinski definition) is 2. The van der Waals surface area contributed by atoms with Gasteiger partial charge in [-0.2, -0.15) is 0 Å². The third kappa shape index (κ3) is 3.36. The van der Waals surface area contributed by atoms with Crippen LogP contribution in [0.3, 0.4) is 0 Å². The number of nitrogens with zero attached hydrogens (tertiary/aromatic N) is 3. The van der Waals surface area contributed by atoms with Crippen LogP contribution in [-0.2, 0) is 0 Å². The molecule has 0 unspecified atom stereocenters. The summed E-state index contributed by atoms with van der Waals surface area (Å²) in [6, 6.07) is 25.2. The zero-order chi connectivity index (χ0) is 22.2. The first-order valence-corrected chi connectivity index (χ1v) is 10.5. The number of aromatic nitrogens is 3. The maximum absolute atomic E-state index is 13.4. The summed E-state index contributed by atoms with van der Waals surface area (Å²) in [5.74, 6) is 0.0382. The van der Waals surface area contributed by atoms with Gasteiger partial charge in [0, 0.05) is 5.69 Å². The molecule has 0 saturated heterocycles. The Morgan fingerprint density at radius 1 is 0.906 bits per heavy atom. The Balaban J connectivity index is 1.69. The van der Waals surface area contributed by atoms with E-state index in [-0.39, 0.29) is 11.9 Å². The zero-order valence-corrected chi connectivity index (χ0v) is 17.9. The molecule has 1 amide bonds. The lowest BCUT2D eigenvalue weighted by Crippen LogP contribution is -2.27. The summed E-state index contributed by atoms with van der Waals surface area (Å²) in [5, 5.41) is 3.07. The minimum Gasteiger partial charge on any atom is -0.384 e. The lowest BCUT2D eigenvalue weighted by Gasteiger charge is -2.14. The normalized spacial score (nSPS) is 12.2. The second kappa shape index (κ2) is 7.81. The van der Waals surface area contributed by atoms with Crippen LogP contribution in [0.4, 0.5) is 5.82 Å². The van der Waals surface area contributed by atoms with Crippen molar-refractivity contribution in [2.24, 2.45) is 0 Å². The van der Waals surface area contributed by atoms with Crippen molar-refractivity contribution in [1.82, 2.24) is 19.9 Å². The molecule has 0 aliphatic heterocycles. The SMILES string of the molecule is Cc1ccc(-n2c(N)c(C(=O)N[C@H](C)c3ccccc3)c3nc4ccccc4nc32)cc1. The number of aryl methyl sites for hydroxylation is 1. The van der Waals surface area contributed by atoms with E-state index < -0.39 is 0 Å². The summed E-state index contributed by atoms with van der Waals surface area (Å²) >= 11 is 0. The van der Waals surface area contributed by atoms with E-state index in [1.807, 2.05) is 92.7 Å². The van der Waals surface area contributed by atoms with Gasteiger partial charge in [-0.25, -0.2) is 9.97 Å². The minimum atomic E-state index is -0.278. The molecular formula is C26H23N5O. The van der Waals surface area contributed by atoms with Crippen molar-refractivity contribution in [3.05, 3.63) is 95.6 Å². The van der Waals surface area contributed by atoms with E-state index in [4.69, 9.17) is 15.7 Å². The van der Waals surface area contributed by atoms with Crippen LogP contribution in [0.2, 0.25) is 0 Å². The van der Waals surface area contributed by atoms with Gasteiger partial charge in [0.2, 0.25) is 0 Å². The van der Waals surface area contributed by atoms with Crippen LogP contribution in [0, 0.1) is 6.92 Å². The van der Waals surface area contributed by atoms with Gasteiger partial charge in [-0.15, -0.1) is 0 Å². The van der Waals surface area contributed by atoms with Gasteiger partial charge < -0.3 is 11.1 Å². The van der Waals surface area contributed by atoms with Crippen molar-refractivity contribution in [2.45, 2.75) is 19.9 Å². The summed E-state index contributed by atoms with van der Waals surface area (Å²) in [6.07, 6.45) is 0. The summed E-state index contributed by atoms with van der Waals surface area (Å²) in [7, 11) is 0. The van der Waals surface area contributed by atoms with Gasteiger partial charge in [-0.05, 0) is 43.7 Å². The summed E-state index contributed by atoms with van der Waals surface area (Å²) in [6.45, 7) is 3.97. The highest BCUT2D eigenvalue weighted by atomic mass is 16.1. The molecule has 0 aliphatic rings. The van der Waals surface area contributed by atoms with E-state index in [0.29, 0.717) is 28.1 Å². The quantitative estimate of drug-likeness (QED) is 0.430. The molecule has 3 N–H and O–H groups in total. The van der Waals surface area contributed by atoms with Gasteiger partial charge in [0.1, 0.15) is 16.9 Å². The van der Waals surface area contributed by atoms with Crippen molar-refractivity contribution in [3.8, 4) is 5.69 Å². The topological polar surface area (TPSA) is 85.8 Å². The molecule has 5 aromatic rings. The van der Waals surface area contributed by atoms with Crippen molar-refractivity contribution in [1.29, 1.82) is 0 Å². The molecule has 6 heteroatoms. The van der Waals surface area contributed by atoms with E-state index >= 15 is 0 Å². The number of para-hydroxylation sites is 2. The minimum absolute atomic E-state index is 0.186. The smallest absolute Gasteiger partial charge is 0.257 e. The first kappa shape index (κ1) is 19.8. The number of fused-ring (bicyclic) bond motifs is 2. The fourth-order valence-electron chi connectivity index (χ4n) is 3.93. The Bertz CT molecular complexity index is 1440. The van der Waals surface area contributed by atoms with Crippen molar-refractivity contribution < 1.29 is 4.79 Å². The number of rotatable bonds is 4. The molecule has 1 atom stereocenters. The van der Waals surface area contributed by atoms with Crippen LogP contribution in [0.25, 0.3) is 27.9 Å². The Morgan fingerprint density at radius 2 is 1.53 bits per heavy atom. The molecular weight excluding hydrogens is 398 g/mol. The van der Waals surface area contributed by atoms with Crippen LogP contribution in [-0.4, -0.2) is 20.4 Å². The number of carbonyl (C=O) groups excluding carboxylic acids is 1. The molecule has 5 rings (SSSR count). The number of hydrogen-bond acceptors (Lipinski definition) is 4. The van der Waals surface area contributed by atoms with Crippen LogP contribution in [0.5, 0.6) is 0 Å². The largest absolute Gasteiger partial charge is 0.384 e. The van der Waals surface area contributed by atoms with Crippen LogP contribution < -0.4 is 11.1 Å². The van der Waals surface area contributed by atoms with Gasteiger partial charge in [-0.3, -0.25) is 9.36 Å². The molecule has 3 aromatic carbocycles. The molecule has 0 aliphatic carbocycles. The second-order valence-electron chi connectivity index (χ2n) is 7.92. The highest BCUT2D eigenvalue weighted by Crippen LogP contribution is 2.31. The predicted octanol–water partition coefficient (Wildman–Crippen LogP) is 4.96. The van der Waals surface area contributed by atoms with Crippen molar-refractivity contribution in [2.75, 3.05) is 5.73 Å². The Labute approximate surface area is 185 Å². The average Bonchev–Trinajstić information content (AvgIpc) is 3.09. The molecule has 2 heterocycles. The van der Waals surface area contributed by atoms with Crippen LogP contribution in [0.1, 0.15) is 34.5 Å². The summed E-state index contributed by atoms with van der Waals surface area (Å²) in [5.41, 5.74) is 12.4. The van der Waals surface area contributed by atoms with Gasteiger partial charge in [0.05, 0.1) is 17.1 Å². The molecule has 32 heavy (non-hydrogen) atoms. The summed E-state index contributed by atoms with van der Waals surface area (Å²) in [4.78, 5) is 23.0. The van der Waals surface area contributed by atoms with Gasteiger partial charge in [0.25, 0.3) is 5.91 Å². The number of anilines is 1. The van der Waals surface area contributed by atoms with Crippen molar-refractivity contribution >= 4 is 33.9 Å². The average molecular weight is 422 g/mol. The van der Waals surface area contributed by atoms with E-state index in [1.165, 1.54) is 0 Å². The van der Waals surface area contributed by atoms with Gasteiger partial charge in [-0.1, -0.05) is 60.2 Å². The number of benzene rings is 3. The highest BCUT2D eigenvalue weighted by molar-refractivity contribution is 6.11. The highest BCUT2D eigenvalue weighted by Gasteiger charge is 2.25. The van der Waals surface area contributed by atoms with E-state index in [9.17, 15) is 4.79 Å². The third-order valence-electron chi connectivity index (χ3n) is 5.66. The Hall–Kier alpha value is -4.19. The van der Waals surface area contributed by atoms with E-state index in [2.05, 4.69) is 5.32 Å². The first-order valence-electron chi connectivity index (χ1n) is 10.5. The van der Waals surface area contributed by atoms with Crippen LogP contribution in [0.15, 0.2) is 78.9 Å². The van der Waals surface area contributed by atoms with Gasteiger partial charge >= 0.3 is 0 Å². The number of nitrogen functional groups attached to an aromatic ring is 1. The fourth-order valence-corrected chi connectivity index (χ4v) is 3.93. The lowest BCUT2D eigenvalue weighted by atomic mass is 10.1. The standard InChI is InChI=1S/C26H23N5O/c1-16-12-14-19(15-13-16)31-24(27)22(26(32)28-17(2)18-8-4-3-5-9-18)23-25(31)30-21-11-7-6-10-20(21)29-23/h3-15,17H,27H2,1-2H3,(H,28,32)/t17-/m1/s1. The maximum Gasteiger partial charge on any atom is 0.257 e.